The van der Waals surface area contributed by atoms with Crippen LogP contribution < -0.4 is 11.1 Å². The van der Waals surface area contributed by atoms with E-state index in [1.165, 1.54) is 4.90 Å². The van der Waals surface area contributed by atoms with Crippen molar-refractivity contribution in [2.75, 3.05) is 11.9 Å². The van der Waals surface area contributed by atoms with Crippen molar-refractivity contribution in [1.29, 1.82) is 0 Å². The fourth-order valence-corrected chi connectivity index (χ4v) is 2.65. The third-order valence-corrected chi connectivity index (χ3v) is 3.39. The summed E-state index contributed by atoms with van der Waals surface area (Å²) in [6.45, 7) is 0.508. The van der Waals surface area contributed by atoms with Gasteiger partial charge in [0.05, 0.1) is 0 Å². The Morgan fingerprint density at radius 2 is 1.89 bits per heavy atom. The predicted octanol–water partition coefficient (Wildman–Crippen LogP) is 2.48. The molecular weight excluding hydrogens is 289 g/mol. The minimum atomic E-state index is -0.547. The Morgan fingerprint density at radius 1 is 1.26 bits per heavy atom. The number of nitrogens with zero attached hydrogens (tertiary/aromatic N) is 1. The number of hydrogen-bond acceptors (Lipinski definition) is 2. The largest absolute Gasteiger partial charge is 0.368 e. The van der Waals surface area contributed by atoms with E-state index in [9.17, 15) is 9.59 Å². The van der Waals surface area contributed by atoms with Crippen molar-refractivity contribution in [1.82, 2.24) is 4.90 Å². The molecule has 1 heterocycles. The van der Waals surface area contributed by atoms with E-state index in [-0.39, 0.29) is 6.03 Å². The maximum Gasteiger partial charge on any atom is 0.322 e. The van der Waals surface area contributed by atoms with Crippen molar-refractivity contribution < 1.29 is 9.59 Å². The number of rotatable bonds is 2. The van der Waals surface area contributed by atoms with Gasteiger partial charge in [-0.25, -0.2) is 4.79 Å². The second-order valence-electron chi connectivity index (χ2n) is 4.34. The zero-order chi connectivity index (χ0) is 14.0. The molecule has 1 aliphatic rings. The van der Waals surface area contributed by atoms with E-state index < -0.39 is 11.9 Å². The summed E-state index contributed by atoms with van der Waals surface area (Å²) in [6, 6.07) is 3.82. The first-order valence-electron chi connectivity index (χ1n) is 5.80. The lowest BCUT2D eigenvalue weighted by Gasteiger charge is -2.22. The second-order valence-corrected chi connectivity index (χ2v) is 5.21. The third-order valence-electron chi connectivity index (χ3n) is 2.96. The molecule has 1 unspecified atom stereocenters. The average molecular weight is 302 g/mol. The number of urea groups is 1. The molecule has 1 aliphatic heterocycles. The smallest absolute Gasteiger partial charge is 0.322 e. The van der Waals surface area contributed by atoms with Crippen LogP contribution in [0.3, 0.4) is 0 Å². The van der Waals surface area contributed by atoms with Gasteiger partial charge in [0.1, 0.15) is 6.04 Å². The van der Waals surface area contributed by atoms with E-state index in [2.05, 4.69) is 5.32 Å². The molecule has 3 amide bonds. The SMILES string of the molecule is NC(=O)C1CCCN1C(=O)Nc1cc(Cl)cc(Cl)c1. The fraction of sp³-hybridized carbons (Fsp3) is 0.333. The molecule has 102 valence electrons. The van der Waals surface area contributed by atoms with Crippen LogP contribution in [0.5, 0.6) is 0 Å². The van der Waals surface area contributed by atoms with Gasteiger partial charge in [-0.05, 0) is 31.0 Å². The Balaban J connectivity index is 2.10. The molecule has 1 atom stereocenters. The van der Waals surface area contributed by atoms with Gasteiger partial charge < -0.3 is 16.0 Å². The topological polar surface area (TPSA) is 75.4 Å². The summed E-state index contributed by atoms with van der Waals surface area (Å²) in [5.41, 5.74) is 5.75. The monoisotopic (exact) mass is 301 g/mol. The van der Waals surface area contributed by atoms with E-state index in [0.29, 0.717) is 28.7 Å². The predicted molar refractivity (Wildman–Crippen MR) is 74.4 cm³/mol. The molecule has 0 radical (unpaired) electrons. The van der Waals surface area contributed by atoms with Gasteiger partial charge in [0.15, 0.2) is 0 Å². The lowest BCUT2D eigenvalue weighted by molar-refractivity contribution is -0.121. The first-order valence-corrected chi connectivity index (χ1v) is 6.56. The van der Waals surface area contributed by atoms with Crippen molar-refractivity contribution in [3.63, 3.8) is 0 Å². The molecule has 0 bridgehead atoms. The Morgan fingerprint density at radius 3 is 2.47 bits per heavy atom. The van der Waals surface area contributed by atoms with Gasteiger partial charge >= 0.3 is 6.03 Å². The first-order chi connectivity index (χ1) is 8.97. The molecule has 2 rings (SSSR count). The number of benzene rings is 1. The number of anilines is 1. The number of likely N-dealkylation sites (tertiary alicyclic amines) is 1. The molecular formula is C12H13Cl2N3O2. The van der Waals surface area contributed by atoms with Crippen LogP contribution >= 0.6 is 23.2 Å². The molecule has 1 fully saturated rings. The highest BCUT2D eigenvalue weighted by Gasteiger charge is 2.32. The molecule has 7 heteroatoms. The molecule has 19 heavy (non-hydrogen) atoms. The Labute approximate surface area is 120 Å². The summed E-state index contributed by atoms with van der Waals surface area (Å²) in [6.07, 6.45) is 1.36. The summed E-state index contributed by atoms with van der Waals surface area (Å²) in [7, 11) is 0. The number of carbonyl (C=O) groups is 2. The van der Waals surface area contributed by atoms with Gasteiger partial charge in [-0.1, -0.05) is 23.2 Å². The quantitative estimate of drug-likeness (QED) is 0.880. The molecule has 1 aromatic rings. The minimum absolute atomic E-state index is 0.375. The molecule has 0 spiro atoms. The van der Waals surface area contributed by atoms with Crippen LogP contribution in [0.1, 0.15) is 12.8 Å². The Hall–Kier alpha value is -1.46. The highest BCUT2D eigenvalue weighted by Crippen LogP contribution is 2.24. The van der Waals surface area contributed by atoms with E-state index in [1.807, 2.05) is 0 Å². The molecule has 0 aromatic heterocycles. The van der Waals surface area contributed by atoms with E-state index in [1.54, 1.807) is 18.2 Å². The average Bonchev–Trinajstić information content (AvgIpc) is 2.75. The zero-order valence-electron chi connectivity index (χ0n) is 10.0. The highest BCUT2D eigenvalue weighted by atomic mass is 35.5. The van der Waals surface area contributed by atoms with Crippen LogP contribution in [0, 0.1) is 0 Å². The van der Waals surface area contributed by atoms with Crippen LogP contribution in [-0.4, -0.2) is 29.4 Å². The normalized spacial score (nSPS) is 18.4. The molecule has 0 saturated carbocycles. The van der Waals surface area contributed by atoms with Crippen LogP contribution in [0.4, 0.5) is 10.5 Å². The van der Waals surface area contributed by atoms with Crippen molar-refractivity contribution >= 4 is 40.8 Å². The maximum atomic E-state index is 12.1. The number of halogens is 2. The van der Waals surface area contributed by atoms with Gasteiger partial charge in [0.25, 0.3) is 0 Å². The van der Waals surface area contributed by atoms with Crippen LogP contribution in [0.25, 0.3) is 0 Å². The summed E-state index contributed by atoms with van der Waals surface area (Å²) in [4.78, 5) is 24.7. The number of amides is 3. The van der Waals surface area contributed by atoms with Crippen LogP contribution in [-0.2, 0) is 4.79 Å². The van der Waals surface area contributed by atoms with Crippen molar-refractivity contribution in [2.45, 2.75) is 18.9 Å². The fourth-order valence-electron chi connectivity index (χ4n) is 2.13. The lowest BCUT2D eigenvalue weighted by atomic mass is 10.2. The first kappa shape index (κ1) is 14.0. The highest BCUT2D eigenvalue weighted by molar-refractivity contribution is 6.35. The molecule has 1 saturated heterocycles. The van der Waals surface area contributed by atoms with Gasteiger partial charge in [-0.2, -0.15) is 0 Å². The molecule has 3 N–H and O–H groups in total. The summed E-state index contributed by atoms with van der Waals surface area (Å²) >= 11 is 11.7. The Bertz CT molecular complexity index is 501. The Kier molecular flexibility index (Phi) is 4.17. The van der Waals surface area contributed by atoms with E-state index in [4.69, 9.17) is 28.9 Å². The van der Waals surface area contributed by atoms with Crippen LogP contribution in [0.2, 0.25) is 10.0 Å². The van der Waals surface area contributed by atoms with Gasteiger partial charge in [0.2, 0.25) is 5.91 Å². The molecule has 0 aliphatic carbocycles. The maximum absolute atomic E-state index is 12.1. The standard InChI is InChI=1S/C12H13Cl2N3O2/c13-7-4-8(14)6-9(5-7)16-12(19)17-3-1-2-10(17)11(15)18/h4-6,10H,1-3H2,(H2,15,18)(H,16,19). The van der Waals surface area contributed by atoms with E-state index in [0.717, 1.165) is 6.42 Å². The van der Waals surface area contributed by atoms with Crippen molar-refractivity contribution in [3.05, 3.63) is 28.2 Å². The number of carbonyl (C=O) groups excluding carboxylic acids is 2. The number of nitrogens with two attached hydrogens (primary N) is 1. The number of primary amides is 1. The summed E-state index contributed by atoms with van der Waals surface area (Å²) < 4.78 is 0. The summed E-state index contributed by atoms with van der Waals surface area (Å²) in [5, 5.41) is 3.51. The van der Waals surface area contributed by atoms with Gasteiger partial charge in [-0.3, -0.25) is 4.79 Å². The van der Waals surface area contributed by atoms with Crippen molar-refractivity contribution in [3.8, 4) is 0 Å². The lowest BCUT2D eigenvalue weighted by Crippen LogP contribution is -2.45. The van der Waals surface area contributed by atoms with Gasteiger partial charge in [0, 0.05) is 22.3 Å². The summed E-state index contributed by atoms with van der Waals surface area (Å²) in [5.74, 6) is -0.489. The van der Waals surface area contributed by atoms with Crippen molar-refractivity contribution in [2.24, 2.45) is 5.73 Å². The van der Waals surface area contributed by atoms with Crippen LogP contribution in [0.15, 0.2) is 18.2 Å². The minimum Gasteiger partial charge on any atom is -0.368 e. The van der Waals surface area contributed by atoms with E-state index >= 15 is 0 Å². The zero-order valence-corrected chi connectivity index (χ0v) is 11.5. The third kappa shape index (κ3) is 3.30. The number of hydrogen-bond donors (Lipinski definition) is 2. The molecule has 5 nitrogen and oxygen atoms in total. The van der Waals surface area contributed by atoms with Gasteiger partial charge in [-0.15, -0.1) is 0 Å². The number of nitrogens with one attached hydrogen (secondary N) is 1. The second kappa shape index (κ2) is 5.67. The molecule has 1 aromatic carbocycles.